The summed E-state index contributed by atoms with van der Waals surface area (Å²) in [5, 5.41) is 1.06. The van der Waals surface area contributed by atoms with Gasteiger partial charge >= 0.3 is 0 Å². The van der Waals surface area contributed by atoms with Gasteiger partial charge < -0.3 is 5.73 Å². The first kappa shape index (κ1) is 10.6. The number of hydrogen-bond acceptors (Lipinski definition) is 4. The first-order valence-electron chi connectivity index (χ1n) is 4.62. The molecule has 4 heteroatoms. The molecule has 1 heterocycles. The van der Waals surface area contributed by atoms with Gasteiger partial charge in [0.2, 0.25) is 0 Å². The van der Waals surface area contributed by atoms with Gasteiger partial charge in [-0.25, -0.2) is 4.98 Å². The minimum absolute atomic E-state index is 0.229. The third-order valence-electron chi connectivity index (χ3n) is 1.78. The molecule has 1 rings (SSSR count). The molecule has 0 fully saturated rings. The molecule has 74 valence electrons. The van der Waals surface area contributed by atoms with Gasteiger partial charge in [-0.2, -0.15) is 4.37 Å². The number of aromatic nitrogens is 2. The minimum Gasteiger partial charge on any atom is -0.327 e. The van der Waals surface area contributed by atoms with E-state index in [1.807, 2.05) is 6.92 Å². The van der Waals surface area contributed by atoms with E-state index in [1.54, 1.807) is 0 Å². The van der Waals surface area contributed by atoms with Gasteiger partial charge in [-0.05, 0) is 30.8 Å². The summed E-state index contributed by atoms with van der Waals surface area (Å²) in [4.78, 5) is 4.29. The van der Waals surface area contributed by atoms with E-state index in [2.05, 4.69) is 23.2 Å². The molecule has 3 nitrogen and oxygen atoms in total. The minimum atomic E-state index is 0.229. The molecule has 0 aliphatic heterocycles. The van der Waals surface area contributed by atoms with E-state index in [9.17, 15) is 0 Å². The summed E-state index contributed by atoms with van der Waals surface area (Å²) in [5.41, 5.74) is 5.95. The summed E-state index contributed by atoms with van der Waals surface area (Å²) >= 11 is 1.46. The Balaban J connectivity index is 2.40. The molecule has 0 saturated carbocycles. The molecular weight excluding hydrogens is 182 g/mol. The van der Waals surface area contributed by atoms with Crippen LogP contribution in [-0.4, -0.2) is 15.4 Å². The second-order valence-corrected chi connectivity index (χ2v) is 4.67. The van der Waals surface area contributed by atoms with Gasteiger partial charge in [-0.1, -0.05) is 13.8 Å². The Morgan fingerprint density at radius 1 is 1.46 bits per heavy atom. The van der Waals surface area contributed by atoms with Crippen molar-refractivity contribution >= 4 is 11.5 Å². The highest BCUT2D eigenvalue weighted by molar-refractivity contribution is 7.05. The number of rotatable bonds is 4. The molecule has 0 spiro atoms. The van der Waals surface area contributed by atoms with E-state index in [-0.39, 0.29) is 6.04 Å². The van der Waals surface area contributed by atoms with Crippen molar-refractivity contribution in [2.75, 3.05) is 0 Å². The molecule has 13 heavy (non-hydrogen) atoms. The van der Waals surface area contributed by atoms with Crippen molar-refractivity contribution in [1.29, 1.82) is 0 Å². The van der Waals surface area contributed by atoms with Crippen LogP contribution in [0, 0.1) is 12.8 Å². The average Bonchev–Trinajstić information content (AvgIpc) is 2.33. The van der Waals surface area contributed by atoms with E-state index in [0.29, 0.717) is 5.92 Å². The molecule has 0 amide bonds. The highest BCUT2D eigenvalue weighted by Gasteiger charge is 2.09. The van der Waals surface area contributed by atoms with Gasteiger partial charge in [-0.3, -0.25) is 0 Å². The Kier molecular flexibility index (Phi) is 3.81. The molecule has 0 bridgehead atoms. The number of nitrogens with zero attached hydrogens (tertiary/aromatic N) is 2. The van der Waals surface area contributed by atoms with Crippen LogP contribution in [0.25, 0.3) is 0 Å². The highest BCUT2D eigenvalue weighted by Crippen LogP contribution is 2.10. The van der Waals surface area contributed by atoms with Crippen LogP contribution in [0.2, 0.25) is 0 Å². The fourth-order valence-corrected chi connectivity index (χ4v) is 2.08. The van der Waals surface area contributed by atoms with Crippen LogP contribution in [-0.2, 0) is 6.42 Å². The van der Waals surface area contributed by atoms with Crippen LogP contribution < -0.4 is 5.73 Å². The molecule has 1 aromatic heterocycles. The topological polar surface area (TPSA) is 51.8 Å². The fourth-order valence-electron chi connectivity index (χ4n) is 1.34. The summed E-state index contributed by atoms with van der Waals surface area (Å²) in [6.45, 7) is 6.28. The molecule has 1 aromatic rings. The predicted molar refractivity (Wildman–Crippen MR) is 55.8 cm³/mol. The smallest absolute Gasteiger partial charge is 0.139 e. The number of aryl methyl sites for hydroxylation is 1. The molecule has 0 aliphatic carbocycles. The lowest BCUT2D eigenvalue weighted by atomic mass is 10.0. The first-order valence-corrected chi connectivity index (χ1v) is 5.40. The Hall–Kier alpha value is -0.480. The zero-order valence-corrected chi connectivity index (χ0v) is 9.27. The SMILES string of the molecule is Cc1nsc(CC(N)CC(C)C)n1. The Morgan fingerprint density at radius 3 is 2.62 bits per heavy atom. The van der Waals surface area contributed by atoms with Crippen molar-refractivity contribution in [3.05, 3.63) is 10.8 Å². The van der Waals surface area contributed by atoms with Gasteiger partial charge in [0.1, 0.15) is 10.8 Å². The van der Waals surface area contributed by atoms with Crippen molar-refractivity contribution < 1.29 is 0 Å². The van der Waals surface area contributed by atoms with Gasteiger partial charge in [0.15, 0.2) is 0 Å². The van der Waals surface area contributed by atoms with E-state index < -0.39 is 0 Å². The highest BCUT2D eigenvalue weighted by atomic mass is 32.1. The summed E-state index contributed by atoms with van der Waals surface area (Å²) in [6, 6.07) is 0.229. The zero-order valence-electron chi connectivity index (χ0n) is 8.45. The van der Waals surface area contributed by atoms with Gasteiger partial charge in [-0.15, -0.1) is 0 Å². The zero-order chi connectivity index (χ0) is 9.84. The molecule has 0 aliphatic rings. The lowest BCUT2D eigenvalue weighted by Crippen LogP contribution is -2.24. The standard InChI is InChI=1S/C9H17N3S/c1-6(2)4-8(10)5-9-11-7(3)12-13-9/h6,8H,4-5,10H2,1-3H3. The lowest BCUT2D eigenvalue weighted by molar-refractivity contribution is 0.493. The van der Waals surface area contributed by atoms with Crippen molar-refractivity contribution in [3.63, 3.8) is 0 Å². The molecule has 0 radical (unpaired) electrons. The van der Waals surface area contributed by atoms with Crippen LogP contribution in [0.3, 0.4) is 0 Å². The molecular formula is C9H17N3S. The maximum absolute atomic E-state index is 5.95. The van der Waals surface area contributed by atoms with E-state index in [1.165, 1.54) is 11.5 Å². The van der Waals surface area contributed by atoms with Crippen LogP contribution in [0.5, 0.6) is 0 Å². The van der Waals surface area contributed by atoms with Crippen LogP contribution in [0.15, 0.2) is 0 Å². The van der Waals surface area contributed by atoms with Crippen molar-refractivity contribution in [2.24, 2.45) is 11.7 Å². The summed E-state index contributed by atoms with van der Waals surface area (Å²) < 4.78 is 4.12. The first-order chi connectivity index (χ1) is 6.08. The van der Waals surface area contributed by atoms with Crippen molar-refractivity contribution in [3.8, 4) is 0 Å². The maximum Gasteiger partial charge on any atom is 0.139 e. The van der Waals surface area contributed by atoms with Crippen LogP contribution >= 0.6 is 11.5 Å². The second kappa shape index (κ2) is 4.67. The number of nitrogens with two attached hydrogens (primary N) is 1. The molecule has 1 atom stereocenters. The van der Waals surface area contributed by atoms with Crippen LogP contribution in [0.1, 0.15) is 31.1 Å². The van der Waals surface area contributed by atoms with Crippen LogP contribution in [0.4, 0.5) is 0 Å². The Labute approximate surface area is 83.5 Å². The third-order valence-corrected chi connectivity index (χ3v) is 2.60. The van der Waals surface area contributed by atoms with E-state index in [0.717, 1.165) is 23.7 Å². The molecule has 1 unspecified atom stereocenters. The summed E-state index contributed by atoms with van der Waals surface area (Å²) in [6.07, 6.45) is 1.92. The summed E-state index contributed by atoms with van der Waals surface area (Å²) in [5.74, 6) is 1.51. The monoisotopic (exact) mass is 199 g/mol. The molecule has 2 N–H and O–H groups in total. The van der Waals surface area contributed by atoms with Crippen molar-refractivity contribution in [1.82, 2.24) is 9.36 Å². The van der Waals surface area contributed by atoms with Gasteiger partial charge in [0.25, 0.3) is 0 Å². The maximum atomic E-state index is 5.95. The molecule has 0 aromatic carbocycles. The lowest BCUT2D eigenvalue weighted by Gasteiger charge is -2.11. The largest absolute Gasteiger partial charge is 0.327 e. The third kappa shape index (κ3) is 3.83. The normalized spacial score (nSPS) is 13.6. The quantitative estimate of drug-likeness (QED) is 0.804. The van der Waals surface area contributed by atoms with E-state index in [4.69, 9.17) is 5.73 Å². The van der Waals surface area contributed by atoms with E-state index >= 15 is 0 Å². The summed E-state index contributed by atoms with van der Waals surface area (Å²) in [7, 11) is 0. The second-order valence-electron chi connectivity index (χ2n) is 3.83. The fraction of sp³-hybridized carbons (Fsp3) is 0.778. The average molecular weight is 199 g/mol. The van der Waals surface area contributed by atoms with Gasteiger partial charge in [0.05, 0.1) is 0 Å². The van der Waals surface area contributed by atoms with Gasteiger partial charge in [0, 0.05) is 12.5 Å². The predicted octanol–water partition coefficient (Wildman–Crippen LogP) is 1.76. The Bertz CT molecular complexity index is 257. The van der Waals surface area contributed by atoms with Crippen molar-refractivity contribution in [2.45, 2.75) is 39.7 Å². The Morgan fingerprint density at radius 2 is 2.15 bits per heavy atom. The molecule has 0 saturated heterocycles. The number of hydrogen-bond donors (Lipinski definition) is 1.